The zero-order chi connectivity index (χ0) is 15.4. The van der Waals surface area contributed by atoms with Crippen molar-refractivity contribution in [3.05, 3.63) is 9.30 Å². The van der Waals surface area contributed by atoms with E-state index in [0.29, 0.717) is 0 Å². The molecule has 0 rings (SSSR count). The molecule has 0 aromatic heterocycles. The van der Waals surface area contributed by atoms with Crippen LogP contribution < -0.4 is 0 Å². The van der Waals surface area contributed by atoms with Gasteiger partial charge in [-0.25, -0.2) is 0 Å². The first kappa shape index (κ1) is 26.2. The van der Waals surface area contributed by atoms with E-state index in [-0.39, 0.29) is 45.5 Å². The molecule has 0 N–H and O–H groups in total. The van der Waals surface area contributed by atoms with E-state index < -0.39 is 32.9 Å². The van der Waals surface area contributed by atoms with Gasteiger partial charge in [0.15, 0.2) is 0 Å². The third-order valence-electron chi connectivity index (χ3n) is 1.34. The molecule has 19 heavy (non-hydrogen) atoms. The summed E-state index contributed by atoms with van der Waals surface area (Å²) in [5.41, 5.74) is 0. The van der Waals surface area contributed by atoms with E-state index in [1.165, 1.54) is 0 Å². The van der Waals surface area contributed by atoms with E-state index in [4.69, 9.17) is 9.30 Å². The van der Waals surface area contributed by atoms with Crippen LogP contribution in [0.4, 0.5) is 0 Å². The Labute approximate surface area is 164 Å². The second kappa shape index (κ2) is 9.42. The maximum atomic E-state index is 4.82. The molecule has 0 atom stereocenters. The fraction of sp³-hybridized carbons (Fsp3) is 1.00. The zero-order valence-electron chi connectivity index (χ0n) is 15.6. The molecule has 0 amide bonds. The summed E-state index contributed by atoms with van der Waals surface area (Å²) in [4.78, 5) is 0. The summed E-state index contributed by atoms with van der Waals surface area (Å²) in [6, 6.07) is 0. The van der Waals surface area contributed by atoms with Crippen LogP contribution in [0, 0.1) is 0 Å². The van der Waals surface area contributed by atoms with Gasteiger partial charge in [0, 0.05) is 0 Å². The molecule has 112 valence electrons. The van der Waals surface area contributed by atoms with Crippen LogP contribution in [0.2, 0.25) is 78.6 Å². The molecule has 0 aromatic rings. The number of hydrogen-bond donors (Lipinski definition) is 0. The van der Waals surface area contributed by atoms with Gasteiger partial charge in [0.05, 0.1) is 0 Å². The van der Waals surface area contributed by atoms with E-state index >= 15 is 0 Å². The van der Waals surface area contributed by atoms with Crippen LogP contribution >= 0.6 is 0 Å². The molecule has 7 heteroatoms. The van der Waals surface area contributed by atoms with Crippen molar-refractivity contribution < 1.29 is 0 Å². The average Bonchev–Trinajstić information content (AvgIpc) is 1.64. The van der Waals surface area contributed by atoms with Gasteiger partial charge in [0.1, 0.15) is 0 Å². The second-order valence-electron chi connectivity index (χ2n) is 8.91. The molecule has 0 spiro atoms. The van der Waals surface area contributed by atoms with Gasteiger partial charge >= 0.3 is 45.5 Å². The molecule has 0 saturated carbocycles. The molecule has 0 radical (unpaired) electrons. The quantitative estimate of drug-likeness (QED) is 0.536. The normalized spacial score (nSPS) is 13.3. The summed E-state index contributed by atoms with van der Waals surface area (Å²) in [5, 5.41) is 0. The minimum Gasteiger partial charge on any atom is -0.668 e. The molecule has 0 bridgehead atoms. The Hall–Kier alpha value is 2.27. The monoisotopic (exact) mass is 408 g/mol. The molecular formula is C12H36N2Si4Sr. The molecule has 2 nitrogen and oxygen atoms in total. The molecular weight excluding hydrogens is 372 g/mol. The van der Waals surface area contributed by atoms with E-state index in [1.807, 2.05) is 0 Å². The first-order chi connectivity index (χ1) is 7.41. The maximum Gasteiger partial charge on any atom is 2.00 e. The van der Waals surface area contributed by atoms with Crippen molar-refractivity contribution in [1.29, 1.82) is 0 Å². The summed E-state index contributed by atoms with van der Waals surface area (Å²) in [5.74, 6) is 0. The van der Waals surface area contributed by atoms with Crippen molar-refractivity contribution >= 4 is 78.4 Å². The van der Waals surface area contributed by atoms with E-state index in [0.717, 1.165) is 0 Å². The smallest absolute Gasteiger partial charge is 0.668 e. The van der Waals surface area contributed by atoms with Gasteiger partial charge in [-0.05, 0) is 0 Å². The van der Waals surface area contributed by atoms with Crippen molar-refractivity contribution in [2.24, 2.45) is 0 Å². The van der Waals surface area contributed by atoms with Crippen molar-refractivity contribution in [3.63, 3.8) is 0 Å². The van der Waals surface area contributed by atoms with Gasteiger partial charge in [0.25, 0.3) is 0 Å². The third kappa shape index (κ3) is 33.2. The summed E-state index contributed by atoms with van der Waals surface area (Å²) in [6.07, 6.45) is 0. The van der Waals surface area contributed by atoms with Crippen LogP contribution in [0.1, 0.15) is 0 Å². The minimum absolute atomic E-state index is 0. The van der Waals surface area contributed by atoms with Gasteiger partial charge < -0.3 is 9.30 Å². The van der Waals surface area contributed by atoms with Gasteiger partial charge in [-0.15, -0.1) is 0 Å². The molecule has 0 heterocycles. The number of hydrogen-bond acceptors (Lipinski definition) is 0. The first-order valence-electron chi connectivity index (χ1n) is 6.89. The maximum absolute atomic E-state index is 4.82. The van der Waals surface area contributed by atoms with Crippen LogP contribution in [0.25, 0.3) is 9.30 Å². The third-order valence-corrected chi connectivity index (χ3v) is 12.1. The molecule has 0 unspecified atom stereocenters. The van der Waals surface area contributed by atoms with Crippen LogP contribution in [0.5, 0.6) is 0 Å². The Morgan fingerprint density at radius 3 is 0.474 bits per heavy atom. The second-order valence-corrected chi connectivity index (χ2v) is 28.1. The molecule has 0 fully saturated rings. The zero-order valence-corrected chi connectivity index (χ0v) is 23.1. The Morgan fingerprint density at radius 2 is 0.474 bits per heavy atom. The number of nitrogens with zero attached hydrogens (tertiary/aromatic N) is 2. The predicted octanol–water partition coefficient (Wildman–Crippen LogP) is 5.68. The first-order valence-corrected chi connectivity index (χ1v) is 20.7. The van der Waals surface area contributed by atoms with E-state index in [1.54, 1.807) is 0 Å². The molecule has 0 aromatic carbocycles. The van der Waals surface area contributed by atoms with Crippen molar-refractivity contribution in [2.75, 3.05) is 0 Å². The van der Waals surface area contributed by atoms with Gasteiger partial charge in [0.2, 0.25) is 0 Å². The van der Waals surface area contributed by atoms with Gasteiger partial charge in [-0.1, -0.05) is 112 Å². The Kier molecular flexibility index (Phi) is 13.0. The van der Waals surface area contributed by atoms with Gasteiger partial charge in [-0.2, -0.15) is 0 Å². The topological polar surface area (TPSA) is 28.2 Å². The summed E-state index contributed by atoms with van der Waals surface area (Å²) in [7, 11) is -4.42. The average molecular weight is 408 g/mol. The molecule has 0 aliphatic heterocycles. The van der Waals surface area contributed by atoms with Crippen molar-refractivity contribution in [2.45, 2.75) is 78.6 Å². The Balaban J connectivity index is -0.000000256. The Bertz CT molecular complexity index is 184. The molecule has 0 aliphatic rings. The largest absolute Gasteiger partial charge is 2.00 e. The summed E-state index contributed by atoms with van der Waals surface area (Å²) in [6.45, 7) is 27.6. The fourth-order valence-corrected chi connectivity index (χ4v) is 18.1. The van der Waals surface area contributed by atoms with Crippen LogP contribution in [0.15, 0.2) is 0 Å². The SMILES string of the molecule is C[Si](C)(C)[N-][Si](C)(C)C.C[Si](C)(C)[N-][Si](C)(C)C.[Sr+2]. The van der Waals surface area contributed by atoms with Crippen LogP contribution in [-0.4, -0.2) is 78.4 Å². The number of rotatable bonds is 4. The molecule has 0 saturated heterocycles. The van der Waals surface area contributed by atoms with Crippen molar-refractivity contribution in [1.82, 2.24) is 0 Å². The minimum atomic E-state index is -1.11. The summed E-state index contributed by atoms with van der Waals surface area (Å²) < 4.78 is 9.64. The fourth-order valence-electron chi connectivity index (χ4n) is 2.01. The van der Waals surface area contributed by atoms with E-state index in [2.05, 4.69) is 78.6 Å². The summed E-state index contributed by atoms with van der Waals surface area (Å²) >= 11 is 0. The Morgan fingerprint density at radius 1 is 0.368 bits per heavy atom. The van der Waals surface area contributed by atoms with Gasteiger partial charge in [-0.3, -0.25) is 0 Å². The van der Waals surface area contributed by atoms with E-state index in [9.17, 15) is 0 Å². The standard InChI is InChI=1S/2C6H18NSi2.Sr/c2*1-8(2,3)7-9(4,5)6;/h2*1-6H3;/q2*-1;+2. The van der Waals surface area contributed by atoms with Crippen molar-refractivity contribution in [3.8, 4) is 0 Å². The van der Waals surface area contributed by atoms with Crippen LogP contribution in [0.3, 0.4) is 0 Å². The van der Waals surface area contributed by atoms with Crippen LogP contribution in [-0.2, 0) is 0 Å². The predicted molar refractivity (Wildman–Crippen MR) is 106 cm³/mol. The molecule has 0 aliphatic carbocycles.